The molecule has 0 spiro atoms. The highest BCUT2D eigenvalue weighted by Crippen LogP contribution is 1.89. The minimum Gasteiger partial charge on any atom is -0.400 e. The van der Waals surface area contributed by atoms with Crippen molar-refractivity contribution in [3.8, 4) is 0 Å². The van der Waals surface area contributed by atoms with Gasteiger partial charge in [0.2, 0.25) is 0 Å². The second-order valence-corrected chi connectivity index (χ2v) is 2.00. The minimum atomic E-state index is 0.571. The molecule has 48 valence electrons. The maximum atomic E-state index is 4.67. The van der Waals surface area contributed by atoms with Crippen LogP contribution in [0.15, 0.2) is 4.99 Å². The number of rotatable bonds is 3. The predicted molar refractivity (Wildman–Crippen MR) is 33.5 cm³/mol. The van der Waals surface area contributed by atoms with Gasteiger partial charge in [0.1, 0.15) is 0 Å². The fourth-order valence-electron chi connectivity index (χ4n) is 0.297. The Bertz CT molecular complexity index is 70.8. The van der Waals surface area contributed by atoms with Crippen molar-refractivity contribution >= 4 is 6.40 Å². The molecule has 0 heterocycles. The van der Waals surface area contributed by atoms with E-state index in [4.69, 9.17) is 0 Å². The van der Waals surface area contributed by atoms with Crippen LogP contribution in [-0.2, 0) is 4.84 Å². The Morgan fingerprint density at radius 1 is 1.75 bits per heavy atom. The largest absolute Gasteiger partial charge is 0.400 e. The number of nitrogens with zero attached hydrogens (tertiary/aromatic N) is 1. The third-order valence-electron chi connectivity index (χ3n) is 0.606. The van der Waals surface area contributed by atoms with E-state index in [0.29, 0.717) is 5.92 Å². The molecule has 0 aliphatic carbocycles. The third kappa shape index (κ3) is 5.43. The minimum absolute atomic E-state index is 0.571. The van der Waals surface area contributed by atoms with Gasteiger partial charge in [0.15, 0.2) is 6.40 Å². The lowest BCUT2D eigenvalue weighted by atomic mass is 10.2. The van der Waals surface area contributed by atoms with Crippen molar-refractivity contribution in [3.63, 3.8) is 0 Å². The number of hydrogen-bond acceptors (Lipinski definition) is 3. The van der Waals surface area contributed by atoms with E-state index in [1.54, 1.807) is 0 Å². The summed E-state index contributed by atoms with van der Waals surface area (Å²) < 4.78 is 0. The van der Waals surface area contributed by atoms with Crippen molar-refractivity contribution in [3.05, 3.63) is 0 Å². The van der Waals surface area contributed by atoms with Crippen LogP contribution in [0, 0.1) is 5.92 Å². The SMILES string of the molecule is CC(C)CN=CON. The van der Waals surface area contributed by atoms with E-state index >= 15 is 0 Å². The lowest BCUT2D eigenvalue weighted by molar-refractivity contribution is 0.335. The van der Waals surface area contributed by atoms with Crippen molar-refractivity contribution in [2.24, 2.45) is 16.8 Å². The zero-order chi connectivity index (χ0) is 6.41. The molecule has 0 aliphatic rings. The summed E-state index contributed by atoms with van der Waals surface area (Å²) in [6.07, 6.45) is 1.25. The zero-order valence-corrected chi connectivity index (χ0v) is 5.29. The van der Waals surface area contributed by atoms with Gasteiger partial charge in [0.25, 0.3) is 0 Å². The molecule has 0 fully saturated rings. The van der Waals surface area contributed by atoms with Gasteiger partial charge in [-0.25, -0.2) is 0 Å². The quantitative estimate of drug-likeness (QED) is 0.333. The maximum Gasteiger partial charge on any atom is 0.196 e. The van der Waals surface area contributed by atoms with E-state index in [2.05, 4.69) is 29.6 Å². The van der Waals surface area contributed by atoms with Crippen LogP contribution in [0.3, 0.4) is 0 Å². The van der Waals surface area contributed by atoms with Gasteiger partial charge in [-0.2, -0.15) is 5.90 Å². The summed E-state index contributed by atoms with van der Waals surface area (Å²) >= 11 is 0. The molecule has 0 aromatic heterocycles. The normalized spacial score (nSPS) is 11.0. The van der Waals surface area contributed by atoms with Gasteiger partial charge in [0.05, 0.1) is 0 Å². The summed E-state index contributed by atoms with van der Waals surface area (Å²) in [7, 11) is 0. The number of nitrogens with two attached hydrogens (primary N) is 1. The van der Waals surface area contributed by atoms with Crippen molar-refractivity contribution in [2.45, 2.75) is 13.8 Å². The first-order chi connectivity index (χ1) is 3.77. The van der Waals surface area contributed by atoms with E-state index in [-0.39, 0.29) is 0 Å². The highest BCUT2D eigenvalue weighted by atomic mass is 16.6. The average Bonchev–Trinajstić information content (AvgIpc) is 1.66. The van der Waals surface area contributed by atoms with Crippen LogP contribution >= 0.6 is 0 Å². The molecule has 0 aromatic carbocycles. The Balaban J connectivity index is 3.03. The van der Waals surface area contributed by atoms with Crippen LogP contribution in [0.1, 0.15) is 13.8 Å². The molecule has 0 saturated heterocycles. The average molecular weight is 116 g/mol. The van der Waals surface area contributed by atoms with Crippen molar-refractivity contribution in [2.75, 3.05) is 6.54 Å². The molecule has 0 aromatic rings. The molecule has 0 rings (SSSR count). The molecule has 0 radical (unpaired) electrons. The van der Waals surface area contributed by atoms with Crippen molar-refractivity contribution < 1.29 is 4.84 Å². The summed E-state index contributed by atoms with van der Waals surface area (Å²) in [5, 5.41) is 0. The summed E-state index contributed by atoms with van der Waals surface area (Å²) in [5.41, 5.74) is 0. The maximum absolute atomic E-state index is 4.67. The van der Waals surface area contributed by atoms with E-state index in [1.807, 2.05) is 0 Å². The lowest BCUT2D eigenvalue weighted by Gasteiger charge is -1.94. The molecule has 8 heavy (non-hydrogen) atoms. The van der Waals surface area contributed by atoms with Crippen LogP contribution in [-0.4, -0.2) is 12.9 Å². The summed E-state index contributed by atoms with van der Waals surface area (Å²) in [6, 6.07) is 0. The first kappa shape index (κ1) is 7.43. The van der Waals surface area contributed by atoms with E-state index < -0.39 is 0 Å². The smallest absolute Gasteiger partial charge is 0.196 e. The van der Waals surface area contributed by atoms with Crippen LogP contribution < -0.4 is 5.90 Å². The van der Waals surface area contributed by atoms with Crippen LogP contribution in [0.25, 0.3) is 0 Å². The molecule has 3 nitrogen and oxygen atoms in total. The Labute approximate surface area is 49.5 Å². The molecular weight excluding hydrogens is 104 g/mol. The molecule has 0 saturated carbocycles. The highest BCUT2D eigenvalue weighted by molar-refractivity contribution is 5.45. The molecule has 3 heteroatoms. The molecule has 0 aliphatic heterocycles. The molecule has 2 N–H and O–H groups in total. The monoisotopic (exact) mass is 116 g/mol. The zero-order valence-electron chi connectivity index (χ0n) is 5.29. The summed E-state index contributed by atoms with van der Waals surface area (Å²) in [4.78, 5) is 7.92. The summed E-state index contributed by atoms with van der Waals surface area (Å²) in [6.45, 7) is 4.93. The van der Waals surface area contributed by atoms with Gasteiger partial charge >= 0.3 is 0 Å². The first-order valence-corrected chi connectivity index (χ1v) is 2.61. The van der Waals surface area contributed by atoms with E-state index in [9.17, 15) is 0 Å². The van der Waals surface area contributed by atoms with Gasteiger partial charge in [0, 0.05) is 6.54 Å². The van der Waals surface area contributed by atoms with E-state index in [0.717, 1.165) is 6.54 Å². The molecular formula is C5H12N2O. The number of hydrogen-bond donors (Lipinski definition) is 1. The van der Waals surface area contributed by atoms with Crippen LogP contribution in [0.4, 0.5) is 0 Å². The van der Waals surface area contributed by atoms with Gasteiger partial charge in [-0.1, -0.05) is 13.8 Å². The fourth-order valence-corrected chi connectivity index (χ4v) is 0.297. The predicted octanol–water partition coefficient (Wildman–Crippen LogP) is 0.561. The Morgan fingerprint density at radius 2 is 2.38 bits per heavy atom. The van der Waals surface area contributed by atoms with Crippen LogP contribution in [0.2, 0.25) is 0 Å². The van der Waals surface area contributed by atoms with Crippen LogP contribution in [0.5, 0.6) is 0 Å². The Morgan fingerprint density at radius 3 is 2.75 bits per heavy atom. The fraction of sp³-hybridized carbons (Fsp3) is 0.800. The third-order valence-corrected chi connectivity index (χ3v) is 0.606. The lowest BCUT2D eigenvalue weighted by Crippen LogP contribution is -1.98. The second-order valence-electron chi connectivity index (χ2n) is 2.00. The molecule has 0 amide bonds. The van der Waals surface area contributed by atoms with Gasteiger partial charge in [-0.3, -0.25) is 4.99 Å². The number of aliphatic imine (C=N–C) groups is 1. The molecule has 0 unspecified atom stereocenters. The summed E-state index contributed by atoms with van der Waals surface area (Å²) in [5.74, 6) is 5.24. The standard InChI is InChI=1S/C5H12N2O/c1-5(2)3-7-4-8-6/h4-5H,3,6H2,1-2H3. The van der Waals surface area contributed by atoms with Gasteiger partial charge < -0.3 is 4.84 Å². The molecule has 0 atom stereocenters. The topological polar surface area (TPSA) is 47.6 Å². The Kier molecular flexibility index (Phi) is 4.26. The Hall–Kier alpha value is -0.570. The molecule has 0 bridgehead atoms. The van der Waals surface area contributed by atoms with Gasteiger partial charge in [-0.15, -0.1) is 0 Å². The second kappa shape index (κ2) is 4.59. The van der Waals surface area contributed by atoms with Gasteiger partial charge in [-0.05, 0) is 5.92 Å². The van der Waals surface area contributed by atoms with Crippen molar-refractivity contribution in [1.29, 1.82) is 0 Å². The first-order valence-electron chi connectivity index (χ1n) is 2.61. The highest BCUT2D eigenvalue weighted by Gasteiger charge is 1.85. The van der Waals surface area contributed by atoms with Crippen molar-refractivity contribution in [1.82, 2.24) is 0 Å². The van der Waals surface area contributed by atoms with E-state index in [1.165, 1.54) is 6.40 Å².